The molecule has 45 heavy (non-hydrogen) atoms. The molecule has 5 rings (SSSR count). The summed E-state index contributed by atoms with van der Waals surface area (Å²) in [6, 6.07) is 24.3. The average molecular weight is 630 g/mol. The van der Waals surface area contributed by atoms with Crippen LogP contribution in [0, 0.1) is 11.8 Å². The van der Waals surface area contributed by atoms with Gasteiger partial charge in [0.25, 0.3) is 0 Å². The first-order valence-corrected chi connectivity index (χ1v) is 15.7. The Morgan fingerprint density at radius 2 is 1.38 bits per heavy atom. The molecular weight excluding hydrogens is 590 g/mol. The normalized spacial score (nSPS) is 23.4. The number of carbonyl (C=O) groups is 3. The van der Waals surface area contributed by atoms with Crippen molar-refractivity contribution in [3.63, 3.8) is 0 Å². The van der Waals surface area contributed by atoms with Gasteiger partial charge in [-0.2, -0.15) is 0 Å². The third-order valence-electron chi connectivity index (χ3n) is 9.43. The Labute approximate surface area is 270 Å². The maximum absolute atomic E-state index is 14.7. The molecule has 236 valence electrons. The lowest BCUT2D eigenvalue weighted by Gasteiger charge is -2.44. The number of halogens is 1. The zero-order valence-electron chi connectivity index (χ0n) is 26.4. The highest BCUT2D eigenvalue weighted by Gasteiger charge is 2.53. The van der Waals surface area contributed by atoms with Crippen LogP contribution in [-0.4, -0.2) is 44.3 Å². The molecule has 0 aromatic heterocycles. The van der Waals surface area contributed by atoms with Gasteiger partial charge in [-0.3, -0.25) is 0 Å². The van der Waals surface area contributed by atoms with Gasteiger partial charge in [-0.1, -0.05) is 99.5 Å². The van der Waals surface area contributed by atoms with Crippen LogP contribution < -0.4 is 4.90 Å². The highest BCUT2D eigenvalue weighted by atomic mass is 35.5. The van der Waals surface area contributed by atoms with E-state index in [0.717, 1.165) is 12.8 Å². The number of esters is 3. The number of rotatable bonds is 8. The van der Waals surface area contributed by atoms with Crippen LogP contribution in [0.2, 0.25) is 5.02 Å². The Morgan fingerprint density at radius 1 is 0.800 bits per heavy atom. The van der Waals surface area contributed by atoms with E-state index in [4.69, 9.17) is 25.8 Å². The number of ether oxygens (including phenoxy) is 3. The molecule has 3 aromatic rings. The summed E-state index contributed by atoms with van der Waals surface area (Å²) in [6.45, 7) is 6.56. The van der Waals surface area contributed by atoms with E-state index in [2.05, 4.69) is 32.9 Å². The van der Waals surface area contributed by atoms with Crippen LogP contribution in [0.5, 0.6) is 0 Å². The van der Waals surface area contributed by atoms with Crippen molar-refractivity contribution in [2.24, 2.45) is 11.8 Å². The molecule has 1 aliphatic carbocycles. The van der Waals surface area contributed by atoms with Crippen molar-refractivity contribution < 1.29 is 28.6 Å². The lowest BCUT2D eigenvalue weighted by atomic mass is 9.64. The maximum atomic E-state index is 14.7. The molecule has 0 amide bonds. The lowest BCUT2D eigenvalue weighted by Crippen LogP contribution is -2.48. The quantitative estimate of drug-likeness (QED) is 0.192. The van der Waals surface area contributed by atoms with Crippen molar-refractivity contribution >= 4 is 35.2 Å². The number of methoxy groups -OCH3 is 2. The summed E-state index contributed by atoms with van der Waals surface area (Å²) < 4.78 is 16.9. The molecule has 8 heteroatoms. The molecule has 2 aliphatic rings. The van der Waals surface area contributed by atoms with Gasteiger partial charge in [0, 0.05) is 16.6 Å². The Kier molecular flexibility index (Phi) is 9.68. The number of hydrogen-bond donors (Lipinski definition) is 0. The topological polar surface area (TPSA) is 82.1 Å². The van der Waals surface area contributed by atoms with Gasteiger partial charge in [-0.05, 0) is 59.6 Å². The Balaban J connectivity index is 1.64. The molecule has 7 nitrogen and oxygen atoms in total. The van der Waals surface area contributed by atoms with Gasteiger partial charge in [0.2, 0.25) is 0 Å². The minimum absolute atomic E-state index is 0.0287. The maximum Gasteiger partial charge on any atom is 0.337 e. The summed E-state index contributed by atoms with van der Waals surface area (Å²) in [5.74, 6) is -1.78. The van der Waals surface area contributed by atoms with E-state index in [9.17, 15) is 14.4 Å². The van der Waals surface area contributed by atoms with Gasteiger partial charge in [0.05, 0.1) is 31.4 Å². The molecule has 1 saturated carbocycles. The van der Waals surface area contributed by atoms with Gasteiger partial charge >= 0.3 is 17.9 Å². The molecule has 1 fully saturated rings. The molecule has 2 unspecified atom stereocenters. The minimum Gasteiger partial charge on any atom is -0.466 e. The van der Waals surface area contributed by atoms with Crippen LogP contribution in [0.1, 0.15) is 57.2 Å². The fourth-order valence-electron chi connectivity index (χ4n) is 7.07. The van der Waals surface area contributed by atoms with Gasteiger partial charge in [-0.15, -0.1) is 0 Å². The number of hydrogen-bond acceptors (Lipinski definition) is 7. The molecule has 1 heterocycles. The van der Waals surface area contributed by atoms with E-state index in [1.54, 1.807) is 29.2 Å². The van der Waals surface area contributed by atoms with Crippen molar-refractivity contribution in [3.8, 4) is 0 Å². The molecule has 0 saturated heterocycles. The van der Waals surface area contributed by atoms with E-state index < -0.39 is 36.1 Å². The Hall–Kier alpha value is -4.10. The van der Waals surface area contributed by atoms with Crippen LogP contribution >= 0.6 is 11.6 Å². The molecule has 1 aliphatic heterocycles. The smallest absolute Gasteiger partial charge is 0.337 e. The fourth-order valence-corrected chi connectivity index (χ4v) is 7.20. The molecule has 0 radical (unpaired) electrons. The predicted molar refractivity (Wildman–Crippen MR) is 174 cm³/mol. The van der Waals surface area contributed by atoms with Crippen LogP contribution in [-0.2, 0) is 34.0 Å². The Bertz CT molecular complexity index is 1550. The average Bonchev–Trinajstić information content (AvgIpc) is 3.41. The van der Waals surface area contributed by atoms with E-state index in [-0.39, 0.29) is 22.5 Å². The number of carbonyl (C=O) groups excluding carboxylic acids is 3. The van der Waals surface area contributed by atoms with Gasteiger partial charge in [0.1, 0.15) is 6.10 Å². The zero-order chi connectivity index (χ0) is 32.3. The standard InChI is InChI=1S/C37H40ClNO6/c1-23-16-21-28(37(2,3)25-14-10-7-11-15-25)29(22-23)45-36(42)33-31(35(41)44-5)30(34(40)43-4)32(24-12-8-6-9-13-24)39(33)27-19-17-26(38)18-20-27/h6-15,17-20,23,28-29,32-33H,16,21-22H2,1-5H3/t23-,28-,29-,32?,33?/m1/s1. The van der Waals surface area contributed by atoms with E-state index in [1.165, 1.54) is 19.8 Å². The summed E-state index contributed by atoms with van der Waals surface area (Å²) in [5, 5.41) is 0.504. The number of nitrogens with zero attached hydrogens (tertiary/aromatic N) is 1. The summed E-state index contributed by atoms with van der Waals surface area (Å²) in [4.78, 5) is 43.5. The molecule has 0 spiro atoms. The van der Waals surface area contributed by atoms with Gasteiger partial charge in [0.15, 0.2) is 6.04 Å². The van der Waals surface area contributed by atoms with Crippen molar-refractivity contribution in [3.05, 3.63) is 112 Å². The fraction of sp³-hybridized carbons (Fsp3) is 0.378. The third kappa shape index (κ3) is 6.36. The Morgan fingerprint density at radius 3 is 1.98 bits per heavy atom. The van der Waals surface area contributed by atoms with Crippen LogP contribution in [0.15, 0.2) is 96.1 Å². The zero-order valence-corrected chi connectivity index (χ0v) is 27.1. The predicted octanol–water partition coefficient (Wildman–Crippen LogP) is 7.24. The van der Waals surface area contributed by atoms with E-state index >= 15 is 0 Å². The third-order valence-corrected chi connectivity index (χ3v) is 9.69. The second kappa shape index (κ2) is 13.5. The highest BCUT2D eigenvalue weighted by Crippen LogP contribution is 2.47. The van der Waals surface area contributed by atoms with Gasteiger partial charge in [-0.25, -0.2) is 14.4 Å². The molecule has 3 aromatic carbocycles. The first kappa shape index (κ1) is 32.3. The summed E-state index contributed by atoms with van der Waals surface area (Å²) >= 11 is 6.26. The second-order valence-electron chi connectivity index (χ2n) is 12.5. The summed E-state index contributed by atoms with van der Waals surface area (Å²) in [5.41, 5.74) is 2.09. The highest BCUT2D eigenvalue weighted by molar-refractivity contribution is 6.30. The second-order valence-corrected chi connectivity index (χ2v) is 12.9. The minimum atomic E-state index is -1.28. The SMILES string of the molecule is COC(=O)C1=C(C(=O)OC)C(c2ccccc2)N(c2ccc(Cl)cc2)C1C(=O)O[C@@H]1C[C@H](C)CC[C@H]1C(C)(C)c1ccccc1. The molecule has 0 bridgehead atoms. The van der Waals surface area contributed by atoms with Gasteiger partial charge < -0.3 is 19.1 Å². The van der Waals surface area contributed by atoms with Crippen molar-refractivity contribution in [1.82, 2.24) is 0 Å². The van der Waals surface area contributed by atoms with Crippen molar-refractivity contribution in [2.75, 3.05) is 19.1 Å². The molecule has 5 atom stereocenters. The first-order chi connectivity index (χ1) is 21.6. The largest absolute Gasteiger partial charge is 0.466 e. The van der Waals surface area contributed by atoms with E-state index in [1.807, 2.05) is 48.5 Å². The molecule has 0 N–H and O–H groups in total. The number of anilines is 1. The van der Waals surface area contributed by atoms with E-state index in [0.29, 0.717) is 28.6 Å². The van der Waals surface area contributed by atoms with Crippen LogP contribution in [0.4, 0.5) is 5.69 Å². The number of benzene rings is 3. The summed E-state index contributed by atoms with van der Waals surface area (Å²) in [6.07, 6.45) is 2.17. The lowest BCUT2D eigenvalue weighted by molar-refractivity contribution is -0.158. The van der Waals surface area contributed by atoms with Crippen LogP contribution in [0.3, 0.4) is 0 Å². The monoisotopic (exact) mass is 629 g/mol. The summed E-state index contributed by atoms with van der Waals surface area (Å²) in [7, 11) is 2.49. The van der Waals surface area contributed by atoms with Crippen molar-refractivity contribution in [1.29, 1.82) is 0 Å². The van der Waals surface area contributed by atoms with Crippen molar-refractivity contribution in [2.45, 2.75) is 63.6 Å². The first-order valence-electron chi connectivity index (χ1n) is 15.3. The van der Waals surface area contributed by atoms with Crippen LogP contribution in [0.25, 0.3) is 0 Å². The molecular formula is C37H40ClNO6.